The van der Waals surface area contributed by atoms with Gasteiger partial charge in [-0.3, -0.25) is 14.7 Å². The zero-order chi connectivity index (χ0) is 13.8. The third kappa shape index (κ3) is 2.93. The molecule has 1 saturated heterocycles. The fourth-order valence-electron chi connectivity index (χ4n) is 2.78. The molecular formula is C14H22N4O. The van der Waals surface area contributed by atoms with Crippen LogP contribution in [0.15, 0.2) is 24.4 Å². The molecule has 3 atom stereocenters. The van der Waals surface area contributed by atoms with Gasteiger partial charge in [-0.05, 0) is 25.5 Å². The number of hydrogen-bond acceptors (Lipinski definition) is 4. The molecule has 5 nitrogen and oxygen atoms in total. The lowest BCUT2D eigenvalue weighted by Crippen LogP contribution is -2.58. The molecule has 0 aromatic carbocycles. The average Bonchev–Trinajstić information content (AvgIpc) is 2.40. The summed E-state index contributed by atoms with van der Waals surface area (Å²) in [5.41, 5.74) is 7.08. The van der Waals surface area contributed by atoms with Crippen molar-refractivity contribution in [3.63, 3.8) is 0 Å². The van der Waals surface area contributed by atoms with E-state index in [1.807, 2.05) is 32.0 Å². The molecule has 1 aromatic rings. The molecule has 5 heteroatoms. The van der Waals surface area contributed by atoms with Gasteiger partial charge in [0.1, 0.15) is 0 Å². The van der Waals surface area contributed by atoms with Gasteiger partial charge in [0.25, 0.3) is 0 Å². The largest absolute Gasteiger partial charge is 0.353 e. The maximum atomic E-state index is 12.0. The smallest absolute Gasteiger partial charge is 0.237 e. The minimum Gasteiger partial charge on any atom is -0.353 e. The molecule has 1 aromatic heterocycles. The van der Waals surface area contributed by atoms with E-state index in [1.54, 1.807) is 6.20 Å². The van der Waals surface area contributed by atoms with Crippen LogP contribution < -0.4 is 11.1 Å². The highest BCUT2D eigenvalue weighted by Gasteiger charge is 2.35. The molecule has 2 heterocycles. The highest BCUT2D eigenvalue weighted by molar-refractivity contribution is 5.82. The highest BCUT2D eigenvalue weighted by Crippen LogP contribution is 2.26. The summed E-state index contributed by atoms with van der Waals surface area (Å²) in [6.45, 7) is 5.48. The van der Waals surface area contributed by atoms with Crippen LogP contribution in [0, 0.1) is 0 Å². The number of pyridine rings is 1. The van der Waals surface area contributed by atoms with E-state index in [2.05, 4.69) is 15.2 Å². The first-order valence-corrected chi connectivity index (χ1v) is 6.85. The molecule has 3 unspecified atom stereocenters. The Balaban J connectivity index is 2.30. The van der Waals surface area contributed by atoms with E-state index >= 15 is 0 Å². The number of piperazine rings is 1. The van der Waals surface area contributed by atoms with E-state index in [1.165, 1.54) is 0 Å². The first-order valence-electron chi connectivity index (χ1n) is 6.85. The normalized spacial score (nSPS) is 23.7. The summed E-state index contributed by atoms with van der Waals surface area (Å²) in [7, 11) is 0. The molecule has 0 saturated carbocycles. The topological polar surface area (TPSA) is 71.2 Å². The van der Waals surface area contributed by atoms with Crippen LogP contribution in [-0.2, 0) is 4.79 Å². The Kier molecular flexibility index (Phi) is 4.50. The van der Waals surface area contributed by atoms with Crippen LogP contribution >= 0.6 is 0 Å². The molecule has 3 N–H and O–H groups in total. The van der Waals surface area contributed by atoms with Crippen molar-refractivity contribution >= 4 is 5.91 Å². The molecule has 1 aliphatic heterocycles. The van der Waals surface area contributed by atoms with Crippen molar-refractivity contribution in [3.05, 3.63) is 30.1 Å². The second-order valence-electron chi connectivity index (χ2n) is 5.01. The minimum absolute atomic E-state index is 0.0165. The molecular weight excluding hydrogens is 240 g/mol. The number of nitrogens with zero attached hydrogens (tertiary/aromatic N) is 2. The maximum Gasteiger partial charge on any atom is 0.237 e. The van der Waals surface area contributed by atoms with E-state index < -0.39 is 0 Å². The average molecular weight is 262 g/mol. The Labute approximate surface area is 114 Å². The first-order chi connectivity index (χ1) is 9.15. The van der Waals surface area contributed by atoms with Crippen molar-refractivity contribution in [2.45, 2.75) is 38.4 Å². The number of carbonyl (C=O) groups excluding carboxylic acids is 1. The summed E-state index contributed by atoms with van der Waals surface area (Å²) >= 11 is 0. The van der Waals surface area contributed by atoms with E-state index in [0.29, 0.717) is 6.54 Å². The zero-order valence-corrected chi connectivity index (χ0v) is 11.5. The molecule has 19 heavy (non-hydrogen) atoms. The second-order valence-corrected chi connectivity index (χ2v) is 5.01. The van der Waals surface area contributed by atoms with Gasteiger partial charge in [0.15, 0.2) is 0 Å². The Morgan fingerprint density at radius 3 is 2.95 bits per heavy atom. The van der Waals surface area contributed by atoms with Crippen LogP contribution in [0.5, 0.6) is 0 Å². The Morgan fingerprint density at radius 2 is 2.37 bits per heavy atom. The molecule has 0 radical (unpaired) electrons. The standard InChI is InChI=1S/C14H22N4O/c1-3-12-14(19)17-8-9-18(12)13(10(2)15)11-6-4-5-7-16-11/h4-7,10,12-13H,3,8-9,15H2,1-2H3,(H,17,19). The Hall–Kier alpha value is -1.46. The highest BCUT2D eigenvalue weighted by atomic mass is 16.2. The molecule has 0 spiro atoms. The fraction of sp³-hybridized carbons (Fsp3) is 0.571. The van der Waals surface area contributed by atoms with Crippen molar-refractivity contribution in [1.29, 1.82) is 0 Å². The summed E-state index contributed by atoms with van der Waals surface area (Å²) in [6, 6.07) is 5.62. The summed E-state index contributed by atoms with van der Waals surface area (Å²) in [5.74, 6) is 0.0929. The number of rotatable bonds is 4. The van der Waals surface area contributed by atoms with Gasteiger partial charge in [0, 0.05) is 25.3 Å². The van der Waals surface area contributed by atoms with Gasteiger partial charge in [-0.25, -0.2) is 0 Å². The number of nitrogens with one attached hydrogen (secondary N) is 1. The third-order valence-electron chi connectivity index (χ3n) is 3.61. The summed E-state index contributed by atoms with van der Waals surface area (Å²) in [6.07, 6.45) is 2.55. The van der Waals surface area contributed by atoms with Crippen LogP contribution in [0.1, 0.15) is 32.0 Å². The maximum absolute atomic E-state index is 12.0. The molecule has 0 aliphatic carbocycles. The van der Waals surface area contributed by atoms with Crippen molar-refractivity contribution in [2.75, 3.05) is 13.1 Å². The number of aromatic nitrogens is 1. The number of hydrogen-bond donors (Lipinski definition) is 2. The van der Waals surface area contributed by atoms with Crippen LogP contribution in [0.25, 0.3) is 0 Å². The summed E-state index contributed by atoms with van der Waals surface area (Å²) in [4.78, 5) is 18.6. The van der Waals surface area contributed by atoms with Crippen LogP contribution in [0.3, 0.4) is 0 Å². The van der Waals surface area contributed by atoms with Crippen molar-refractivity contribution in [1.82, 2.24) is 15.2 Å². The second kappa shape index (κ2) is 6.12. The molecule has 1 aliphatic rings. The van der Waals surface area contributed by atoms with Crippen LogP contribution in [0.2, 0.25) is 0 Å². The van der Waals surface area contributed by atoms with Gasteiger partial charge in [0.05, 0.1) is 17.8 Å². The van der Waals surface area contributed by atoms with E-state index in [4.69, 9.17) is 5.73 Å². The lowest BCUT2D eigenvalue weighted by molar-refractivity contribution is -0.130. The molecule has 1 amide bonds. The van der Waals surface area contributed by atoms with E-state index in [9.17, 15) is 4.79 Å². The van der Waals surface area contributed by atoms with Crippen LogP contribution in [0.4, 0.5) is 0 Å². The van der Waals surface area contributed by atoms with Gasteiger partial charge in [0.2, 0.25) is 5.91 Å². The number of nitrogens with two attached hydrogens (primary N) is 1. The number of carbonyl (C=O) groups is 1. The lowest BCUT2D eigenvalue weighted by atomic mass is 9.99. The summed E-state index contributed by atoms with van der Waals surface area (Å²) < 4.78 is 0. The number of amides is 1. The van der Waals surface area contributed by atoms with Gasteiger partial charge in [-0.2, -0.15) is 0 Å². The fourth-order valence-corrected chi connectivity index (χ4v) is 2.78. The van der Waals surface area contributed by atoms with Gasteiger partial charge >= 0.3 is 0 Å². The van der Waals surface area contributed by atoms with Crippen LogP contribution in [-0.4, -0.2) is 41.0 Å². The molecule has 1 fully saturated rings. The quantitative estimate of drug-likeness (QED) is 0.837. The van der Waals surface area contributed by atoms with Crippen molar-refractivity contribution in [3.8, 4) is 0 Å². The lowest BCUT2D eigenvalue weighted by Gasteiger charge is -2.41. The van der Waals surface area contributed by atoms with Gasteiger partial charge in [-0.15, -0.1) is 0 Å². The monoisotopic (exact) mass is 262 g/mol. The van der Waals surface area contributed by atoms with Crippen molar-refractivity contribution in [2.24, 2.45) is 5.73 Å². The van der Waals surface area contributed by atoms with Gasteiger partial charge in [-0.1, -0.05) is 13.0 Å². The van der Waals surface area contributed by atoms with E-state index in [-0.39, 0.29) is 24.0 Å². The van der Waals surface area contributed by atoms with Gasteiger partial charge < -0.3 is 11.1 Å². The molecule has 2 rings (SSSR count). The SMILES string of the molecule is CCC1C(=O)NCCN1C(c1ccccn1)C(C)N. The molecule has 0 bridgehead atoms. The molecule has 104 valence electrons. The minimum atomic E-state index is -0.119. The summed E-state index contributed by atoms with van der Waals surface area (Å²) in [5, 5.41) is 2.92. The first kappa shape index (κ1) is 14.0. The predicted molar refractivity (Wildman–Crippen MR) is 74.4 cm³/mol. The third-order valence-corrected chi connectivity index (χ3v) is 3.61. The zero-order valence-electron chi connectivity index (χ0n) is 11.5. The van der Waals surface area contributed by atoms with Crippen molar-refractivity contribution < 1.29 is 4.79 Å². The van der Waals surface area contributed by atoms with E-state index in [0.717, 1.165) is 18.7 Å². The Bertz CT molecular complexity index is 421. The predicted octanol–water partition coefficient (Wildman–Crippen LogP) is 0.680. The Morgan fingerprint density at radius 1 is 1.58 bits per heavy atom.